The van der Waals surface area contributed by atoms with Crippen LogP contribution in [0, 0.1) is 0 Å². The molecule has 1 aliphatic heterocycles. The normalized spacial score (nSPS) is 12.1. The van der Waals surface area contributed by atoms with Crippen LogP contribution < -0.4 is 10.6 Å². The zero-order valence-corrected chi connectivity index (χ0v) is 33.7. The Hall–Kier alpha value is -6.29. The number of carbonyl (C=O) groups excluding carboxylic acids is 2. The molecule has 0 saturated heterocycles. The number of rotatable bonds is 11. The number of allylic oxidation sites excluding steroid dienone is 3. The summed E-state index contributed by atoms with van der Waals surface area (Å²) in [7, 11) is 0. The van der Waals surface area contributed by atoms with Gasteiger partial charge < -0.3 is 36.0 Å². The molecule has 298 valence electrons. The number of hydrogen-bond donors (Lipinski definition) is 6. The molecule has 6 N–H and O–H groups in total. The van der Waals surface area contributed by atoms with E-state index in [0.717, 1.165) is 17.2 Å². The third kappa shape index (κ3) is 13.5. The SMILES string of the molecule is C=CC.CC.CC(c1ccccc1)(c1ccccc1)N1C=C(C[C@H](NC(=O)c2ccc(O)c(O)c2)C(=O)NCCc2ccc(O)c(O)c2)N=CC1.CC=C(C)C. The molecule has 0 unspecified atom stereocenters. The summed E-state index contributed by atoms with van der Waals surface area (Å²) in [4.78, 5) is 33.5. The topological polar surface area (TPSA) is 155 Å². The van der Waals surface area contributed by atoms with E-state index in [2.05, 4.69) is 78.2 Å². The maximum Gasteiger partial charge on any atom is 0.252 e. The molecule has 4 aromatic carbocycles. The van der Waals surface area contributed by atoms with Crippen molar-refractivity contribution >= 4 is 18.0 Å². The zero-order chi connectivity index (χ0) is 41.7. The molecule has 0 aliphatic carbocycles. The van der Waals surface area contributed by atoms with E-state index in [1.54, 1.807) is 18.4 Å². The van der Waals surface area contributed by atoms with Crippen molar-refractivity contribution < 1.29 is 30.0 Å². The molecule has 4 aromatic rings. The average Bonchev–Trinajstić information content (AvgIpc) is 3.21. The summed E-state index contributed by atoms with van der Waals surface area (Å²) in [6, 6.07) is 27.3. The first-order chi connectivity index (χ1) is 26.8. The molecule has 0 aromatic heterocycles. The molecule has 0 radical (unpaired) electrons. The second-order valence-corrected chi connectivity index (χ2v) is 13.0. The van der Waals surface area contributed by atoms with Crippen LogP contribution >= 0.6 is 0 Å². The molecule has 0 bridgehead atoms. The lowest BCUT2D eigenvalue weighted by atomic mass is 9.83. The van der Waals surface area contributed by atoms with Crippen LogP contribution in [0.3, 0.4) is 0 Å². The third-order valence-electron chi connectivity index (χ3n) is 8.69. The van der Waals surface area contributed by atoms with Crippen LogP contribution in [0.25, 0.3) is 0 Å². The van der Waals surface area contributed by atoms with Gasteiger partial charge in [0.15, 0.2) is 23.0 Å². The van der Waals surface area contributed by atoms with Crippen molar-refractivity contribution in [1.29, 1.82) is 0 Å². The van der Waals surface area contributed by atoms with Crippen molar-refractivity contribution in [3.63, 3.8) is 0 Å². The van der Waals surface area contributed by atoms with E-state index in [1.807, 2.05) is 70.3 Å². The Bertz CT molecular complexity index is 1900. The third-order valence-corrected chi connectivity index (χ3v) is 8.69. The molecule has 10 heteroatoms. The van der Waals surface area contributed by atoms with Gasteiger partial charge in [0.1, 0.15) is 6.04 Å². The van der Waals surface area contributed by atoms with E-state index in [-0.39, 0.29) is 35.8 Å². The predicted molar refractivity (Wildman–Crippen MR) is 227 cm³/mol. The number of hydrogen-bond acceptors (Lipinski definition) is 8. The maximum absolute atomic E-state index is 13.5. The highest BCUT2D eigenvalue weighted by molar-refractivity contribution is 5.98. The molecule has 5 rings (SSSR count). The monoisotopic (exact) mass is 762 g/mol. The highest BCUT2D eigenvalue weighted by Gasteiger charge is 2.35. The highest BCUT2D eigenvalue weighted by atomic mass is 16.3. The van der Waals surface area contributed by atoms with Crippen molar-refractivity contribution in [2.75, 3.05) is 13.1 Å². The summed E-state index contributed by atoms with van der Waals surface area (Å²) >= 11 is 0. The molecule has 0 fully saturated rings. The van der Waals surface area contributed by atoms with Crippen LogP contribution in [0.5, 0.6) is 23.0 Å². The Balaban J connectivity index is 0.000000976. The standard InChI is InChI=1S/C36H36N4O6.C5H10.C3H6.C2H6/c1-36(26-8-4-2-5-9-26,27-10-6-3-7-11-27)40-19-18-37-28(23-40)22-29(39-34(45)25-13-15-31(42)33(44)21-25)35(46)38-17-16-24-12-14-30(41)32(43)20-24;1-4-5(2)3;1-3-2;1-2/h2-15,18,20-21,23,29,41-44H,16-17,19,22H2,1H3,(H,38,46)(H,39,45);4H,1-3H3;3H,1H2,2H3;1-2H3/t29-;;;/m0.../s1. The van der Waals surface area contributed by atoms with Gasteiger partial charge in [0.2, 0.25) is 5.91 Å². The van der Waals surface area contributed by atoms with Crippen LogP contribution in [-0.2, 0) is 16.8 Å². The van der Waals surface area contributed by atoms with E-state index in [9.17, 15) is 30.0 Å². The van der Waals surface area contributed by atoms with Gasteiger partial charge in [-0.05, 0) is 88.1 Å². The van der Waals surface area contributed by atoms with Gasteiger partial charge in [-0.1, -0.05) is 98.3 Å². The van der Waals surface area contributed by atoms with Crippen LogP contribution in [0.1, 0.15) is 81.9 Å². The van der Waals surface area contributed by atoms with Gasteiger partial charge >= 0.3 is 0 Å². The second kappa shape index (κ2) is 23.5. The highest BCUT2D eigenvalue weighted by Crippen LogP contribution is 2.37. The zero-order valence-electron chi connectivity index (χ0n) is 33.7. The van der Waals surface area contributed by atoms with E-state index >= 15 is 0 Å². The lowest BCUT2D eigenvalue weighted by molar-refractivity contribution is -0.122. The minimum Gasteiger partial charge on any atom is -0.504 e. The first kappa shape index (κ1) is 45.9. The minimum atomic E-state index is -1.04. The number of phenols is 4. The molecule has 1 aliphatic rings. The summed E-state index contributed by atoms with van der Waals surface area (Å²) in [6.45, 7) is 18.3. The van der Waals surface area contributed by atoms with E-state index in [4.69, 9.17) is 0 Å². The lowest BCUT2D eigenvalue weighted by Crippen LogP contribution is -2.48. The van der Waals surface area contributed by atoms with Gasteiger partial charge in [-0.25, -0.2) is 0 Å². The van der Waals surface area contributed by atoms with E-state index in [1.165, 1.54) is 29.8 Å². The number of nitrogens with zero attached hydrogens (tertiary/aromatic N) is 2. The van der Waals surface area contributed by atoms with Gasteiger partial charge in [-0.2, -0.15) is 0 Å². The Morgan fingerprint density at radius 1 is 0.839 bits per heavy atom. The number of carbonyl (C=O) groups is 2. The summed E-state index contributed by atoms with van der Waals surface area (Å²) in [5.74, 6) is -2.39. The summed E-state index contributed by atoms with van der Waals surface area (Å²) in [6.07, 6.45) is 7.96. The maximum atomic E-state index is 13.5. The van der Waals surface area contributed by atoms with Crippen molar-refractivity contribution in [3.05, 3.63) is 156 Å². The molecule has 0 spiro atoms. The van der Waals surface area contributed by atoms with Gasteiger partial charge in [-0.15, -0.1) is 6.58 Å². The number of phenolic OH excluding ortho intramolecular Hbond substituents is 4. The van der Waals surface area contributed by atoms with Gasteiger partial charge in [0, 0.05) is 30.9 Å². The molecule has 56 heavy (non-hydrogen) atoms. The summed E-state index contributed by atoms with van der Waals surface area (Å²) < 4.78 is 0. The Kier molecular flexibility index (Phi) is 19.2. The van der Waals surface area contributed by atoms with E-state index in [0.29, 0.717) is 24.2 Å². The largest absolute Gasteiger partial charge is 0.504 e. The predicted octanol–water partition coefficient (Wildman–Crippen LogP) is 8.74. The van der Waals surface area contributed by atoms with Crippen LogP contribution in [0.4, 0.5) is 0 Å². The molecular formula is C46H58N4O6. The van der Waals surface area contributed by atoms with Gasteiger partial charge in [0.25, 0.3) is 5.91 Å². The Labute approximate surface area is 332 Å². The molecule has 2 amide bonds. The summed E-state index contributed by atoms with van der Waals surface area (Å²) in [5.41, 5.74) is 4.29. The van der Waals surface area contributed by atoms with Crippen LogP contribution in [0.2, 0.25) is 0 Å². The smallest absolute Gasteiger partial charge is 0.252 e. The van der Waals surface area contributed by atoms with Crippen molar-refractivity contribution in [2.45, 2.75) is 72.9 Å². The van der Waals surface area contributed by atoms with Crippen LogP contribution in [0.15, 0.2) is 138 Å². The second-order valence-electron chi connectivity index (χ2n) is 13.0. The fraction of sp³-hybridized carbons (Fsp3) is 0.283. The molecule has 1 atom stereocenters. The summed E-state index contributed by atoms with van der Waals surface area (Å²) in [5, 5.41) is 44.6. The lowest BCUT2D eigenvalue weighted by Gasteiger charge is -2.42. The minimum absolute atomic E-state index is 0.0638. The molecule has 10 nitrogen and oxygen atoms in total. The fourth-order valence-electron chi connectivity index (χ4n) is 5.46. The Morgan fingerprint density at radius 3 is 1.86 bits per heavy atom. The fourth-order valence-corrected chi connectivity index (χ4v) is 5.46. The molecular weight excluding hydrogens is 705 g/mol. The van der Waals surface area contributed by atoms with Crippen molar-refractivity contribution in [2.24, 2.45) is 4.99 Å². The first-order valence-corrected chi connectivity index (χ1v) is 18.7. The Morgan fingerprint density at radius 2 is 1.36 bits per heavy atom. The average molecular weight is 763 g/mol. The quantitative estimate of drug-likeness (QED) is 0.0660. The van der Waals surface area contributed by atoms with E-state index < -0.39 is 29.1 Å². The number of benzene rings is 4. The number of aromatic hydroxyl groups is 4. The molecule has 0 saturated carbocycles. The van der Waals surface area contributed by atoms with Crippen molar-refractivity contribution in [3.8, 4) is 23.0 Å². The van der Waals surface area contributed by atoms with Crippen molar-refractivity contribution in [1.82, 2.24) is 15.5 Å². The first-order valence-electron chi connectivity index (χ1n) is 18.7. The number of aliphatic imine (C=N–C) groups is 1. The number of nitrogens with one attached hydrogen (secondary N) is 2. The molecule has 1 heterocycles. The number of amides is 2. The van der Waals surface area contributed by atoms with Gasteiger partial charge in [-0.3, -0.25) is 14.6 Å². The van der Waals surface area contributed by atoms with Gasteiger partial charge in [0.05, 0.1) is 17.8 Å². The van der Waals surface area contributed by atoms with Crippen LogP contribution in [-0.4, -0.2) is 62.5 Å².